The Labute approximate surface area is 109 Å². The topological polar surface area (TPSA) is 26.3 Å². The van der Waals surface area contributed by atoms with Gasteiger partial charge in [-0.05, 0) is 37.8 Å². The fourth-order valence-electron chi connectivity index (χ4n) is 2.31. The number of benzene rings is 1. The smallest absolute Gasteiger partial charge is 0.417 e. The number of carbonyl (C=O) groups is 1. The van der Waals surface area contributed by atoms with Crippen LogP contribution in [0.1, 0.15) is 48.0 Å². The number of rotatable bonds is 2. The largest absolute Gasteiger partial charge is 0.459 e. The van der Waals surface area contributed by atoms with E-state index in [1.54, 1.807) is 0 Å². The zero-order valence-corrected chi connectivity index (χ0v) is 10.4. The Bertz CT molecular complexity index is 448. The van der Waals surface area contributed by atoms with Crippen LogP contribution in [0.2, 0.25) is 0 Å². The van der Waals surface area contributed by atoms with Crippen LogP contribution in [0.15, 0.2) is 24.3 Å². The van der Waals surface area contributed by atoms with E-state index in [1.807, 2.05) is 0 Å². The first kappa shape index (κ1) is 13.9. The van der Waals surface area contributed by atoms with Gasteiger partial charge in [-0.2, -0.15) is 13.2 Å². The molecule has 0 heterocycles. The molecule has 0 bridgehead atoms. The summed E-state index contributed by atoms with van der Waals surface area (Å²) in [5.74, 6) is -0.875. The molecule has 0 saturated heterocycles. The van der Waals surface area contributed by atoms with E-state index in [9.17, 15) is 18.0 Å². The average molecular weight is 272 g/mol. The van der Waals surface area contributed by atoms with Gasteiger partial charge >= 0.3 is 12.1 Å². The minimum Gasteiger partial charge on any atom is -0.459 e. The van der Waals surface area contributed by atoms with Crippen molar-refractivity contribution >= 4 is 5.97 Å². The summed E-state index contributed by atoms with van der Waals surface area (Å²) in [4.78, 5) is 11.9. The molecule has 0 N–H and O–H groups in total. The molecule has 0 spiro atoms. The van der Waals surface area contributed by atoms with Crippen LogP contribution in [-0.4, -0.2) is 12.1 Å². The van der Waals surface area contributed by atoms with Gasteiger partial charge in [-0.3, -0.25) is 0 Å². The molecule has 2 rings (SSSR count). The molecule has 2 nitrogen and oxygen atoms in total. The number of alkyl halides is 3. The molecule has 1 aliphatic rings. The maximum atomic E-state index is 12.8. The van der Waals surface area contributed by atoms with Gasteiger partial charge in [0.1, 0.15) is 6.10 Å². The maximum absolute atomic E-state index is 12.8. The average Bonchev–Trinajstić information content (AvgIpc) is 2.39. The lowest BCUT2D eigenvalue weighted by molar-refractivity contribution is -0.138. The Morgan fingerprint density at radius 1 is 1.11 bits per heavy atom. The van der Waals surface area contributed by atoms with Gasteiger partial charge in [-0.1, -0.05) is 18.6 Å². The van der Waals surface area contributed by atoms with Crippen LogP contribution in [0.3, 0.4) is 0 Å². The van der Waals surface area contributed by atoms with Crippen LogP contribution in [0.4, 0.5) is 13.2 Å². The molecule has 104 valence electrons. The lowest BCUT2D eigenvalue weighted by Crippen LogP contribution is -2.23. The van der Waals surface area contributed by atoms with Crippen molar-refractivity contribution < 1.29 is 22.7 Å². The summed E-state index contributed by atoms with van der Waals surface area (Å²) in [7, 11) is 0. The zero-order chi connectivity index (χ0) is 13.9. The van der Waals surface area contributed by atoms with Gasteiger partial charge in [0.25, 0.3) is 0 Å². The highest BCUT2D eigenvalue weighted by atomic mass is 19.4. The highest BCUT2D eigenvalue weighted by Gasteiger charge is 2.35. The zero-order valence-electron chi connectivity index (χ0n) is 10.4. The lowest BCUT2D eigenvalue weighted by Gasteiger charge is -2.22. The van der Waals surface area contributed by atoms with E-state index in [0.29, 0.717) is 0 Å². The number of esters is 1. The molecule has 0 amide bonds. The van der Waals surface area contributed by atoms with Gasteiger partial charge in [0.15, 0.2) is 0 Å². The SMILES string of the molecule is O=C(OC1CCCCC1)c1ccccc1C(F)(F)F. The minimum absolute atomic E-state index is 0.248. The quantitative estimate of drug-likeness (QED) is 0.754. The second kappa shape index (κ2) is 5.63. The Morgan fingerprint density at radius 2 is 1.74 bits per heavy atom. The molecule has 0 atom stereocenters. The van der Waals surface area contributed by atoms with Gasteiger partial charge in [0.05, 0.1) is 11.1 Å². The van der Waals surface area contributed by atoms with Crippen molar-refractivity contribution in [1.29, 1.82) is 0 Å². The molecule has 1 fully saturated rings. The maximum Gasteiger partial charge on any atom is 0.417 e. The molecule has 1 saturated carbocycles. The summed E-state index contributed by atoms with van der Waals surface area (Å²) >= 11 is 0. The van der Waals surface area contributed by atoms with E-state index in [1.165, 1.54) is 12.1 Å². The van der Waals surface area contributed by atoms with Crippen LogP contribution < -0.4 is 0 Å². The van der Waals surface area contributed by atoms with E-state index < -0.39 is 23.3 Å². The normalized spacial score (nSPS) is 17.2. The number of carbonyl (C=O) groups excluding carboxylic acids is 1. The van der Waals surface area contributed by atoms with E-state index in [0.717, 1.165) is 44.2 Å². The van der Waals surface area contributed by atoms with Crippen LogP contribution >= 0.6 is 0 Å². The fourth-order valence-corrected chi connectivity index (χ4v) is 2.31. The number of ether oxygens (including phenoxy) is 1. The molecule has 0 unspecified atom stereocenters. The number of halogens is 3. The van der Waals surface area contributed by atoms with E-state index in [4.69, 9.17) is 4.74 Å². The second-order valence-corrected chi connectivity index (χ2v) is 4.71. The van der Waals surface area contributed by atoms with Crippen LogP contribution in [-0.2, 0) is 10.9 Å². The molecule has 0 radical (unpaired) electrons. The minimum atomic E-state index is -4.54. The monoisotopic (exact) mass is 272 g/mol. The van der Waals surface area contributed by atoms with Crippen molar-refractivity contribution in [3.63, 3.8) is 0 Å². The molecule has 1 aromatic rings. The summed E-state index contributed by atoms with van der Waals surface area (Å²) in [5, 5.41) is 0. The molecule has 1 aromatic carbocycles. The number of hydrogen-bond acceptors (Lipinski definition) is 2. The third-order valence-corrected chi connectivity index (χ3v) is 3.28. The Kier molecular flexibility index (Phi) is 4.12. The van der Waals surface area contributed by atoms with Gasteiger partial charge in [-0.15, -0.1) is 0 Å². The fraction of sp³-hybridized carbons (Fsp3) is 0.500. The Hall–Kier alpha value is -1.52. The standard InChI is InChI=1S/C14H15F3O2/c15-14(16,17)12-9-5-4-8-11(12)13(18)19-10-6-2-1-3-7-10/h4-5,8-10H,1-3,6-7H2. The Balaban J connectivity index is 2.14. The molecular weight excluding hydrogens is 257 g/mol. The van der Waals surface area contributed by atoms with Gasteiger partial charge in [0, 0.05) is 0 Å². The number of hydrogen-bond donors (Lipinski definition) is 0. The van der Waals surface area contributed by atoms with Crippen molar-refractivity contribution in [1.82, 2.24) is 0 Å². The first-order valence-corrected chi connectivity index (χ1v) is 6.35. The van der Waals surface area contributed by atoms with E-state index >= 15 is 0 Å². The van der Waals surface area contributed by atoms with E-state index in [2.05, 4.69) is 0 Å². The van der Waals surface area contributed by atoms with E-state index in [-0.39, 0.29) is 6.10 Å². The first-order valence-electron chi connectivity index (χ1n) is 6.35. The molecule has 1 aliphatic carbocycles. The van der Waals surface area contributed by atoms with Crippen molar-refractivity contribution in [3.8, 4) is 0 Å². The van der Waals surface area contributed by atoms with Crippen molar-refractivity contribution in [2.45, 2.75) is 44.4 Å². The highest BCUT2D eigenvalue weighted by Crippen LogP contribution is 2.32. The lowest BCUT2D eigenvalue weighted by atomic mass is 9.97. The van der Waals surface area contributed by atoms with Crippen molar-refractivity contribution in [3.05, 3.63) is 35.4 Å². The third kappa shape index (κ3) is 3.49. The molecule has 19 heavy (non-hydrogen) atoms. The van der Waals surface area contributed by atoms with Gasteiger partial charge in [-0.25, -0.2) is 4.79 Å². The van der Waals surface area contributed by atoms with Crippen LogP contribution in [0.5, 0.6) is 0 Å². The molecule has 5 heteroatoms. The predicted molar refractivity (Wildman–Crippen MR) is 63.7 cm³/mol. The summed E-state index contributed by atoms with van der Waals surface area (Å²) in [5.41, 5.74) is -1.34. The molecule has 0 aliphatic heterocycles. The third-order valence-electron chi connectivity index (χ3n) is 3.28. The Morgan fingerprint density at radius 3 is 2.37 bits per heavy atom. The first-order chi connectivity index (χ1) is 8.98. The summed E-state index contributed by atoms with van der Waals surface area (Å²) in [6.45, 7) is 0. The molecule has 0 aromatic heterocycles. The predicted octanol–water partition coefficient (Wildman–Crippen LogP) is 4.19. The highest BCUT2D eigenvalue weighted by molar-refractivity contribution is 5.91. The van der Waals surface area contributed by atoms with Gasteiger partial charge < -0.3 is 4.74 Å². The second-order valence-electron chi connectivity index (χ2n) is 4.71. The summed E-state index contributed by atoms with van der Waals surface area (Å²) in [6, 6.07) is 4.73. The summed E-state index contributed by atoms with van der Waals surface area (Å²) in [6.07, 6.45) is -0.310. The summed E-state index contributed by atoms with van der Waals surface area (Å²) < 4.78 is 43.5. The van der Waals surface area contributed by atoms with Gasteiger partial charge in [0.2, 0.25) is 0 Å². The van der Waals surface area contributed by atoms with Crippen LogP contribution in [0.25, 0.3) is 0 Å². The van der Waals surface area contributed by atoms with Crippen molar-refractivity contribution in [2.24, 2.45) is 0 Å². The molecular formula is C14H15F3O2. The van der Waals surface area contributed by atoms with Crippen LogP contribution in [0, 0.1) is 0 Å². The van der Waals surface area contributed by atoms with Crippen molar-refractivity contribution in [2.75, 3.05) is 0 Å².